The van der Waals surface area contributed by atoms with Gasteiger partial charge in [0.05, 0.1) is 11.7 Å². The third kappa shape index (κ3) is 5.80. The number of hydrogen-bond donors (Lipinski definition) is 1. The lowest BCUT2D eigenvalue weighted by Gasteiger charge is -2.31. The zero-order chi connectivity index (χ0) is 20.0. The van der Waals surface area contributed by atoms with Crippen LogP contribution in [-0.2, 0) is 27.0 Å². The summed E-state index contributed by atoms with van der Waals surface area (Å²) in [5.41, 5.74) is 1.86. The van der Waals surface area contributed by atoms with Crippen molar-refractivity contribution in [2.75, 3.05) is 19.6 Å². The summed E-state index contributed by atoms with van der Waals surface area (Å²) in [6, 6.07) is 16.8. The van der Waals surface area contributed by atoms with Crippen molar-refractivity contribution >= 4 is 27.5 Å². The van der Waals surface area contributed by atoms with Crippen molar-refractivity contribution in [3.63, 3.8) is 0 Å². The average molecular weight is 421 g/mol. The van der Waals surface area contributed by atoms with Crippen molar-refractivity contribution in [2.45, 2.75) is 25.0 Å². The average Bonchev–Trinajstić information content (AvgIpc) is 2.70. The second-order valence-corrected chi connectivity index (χ2v) is 9.51. The molecule has 1 aliphatic rings. The first-order valence-corrected chi connectivity index (χ1v) is 11.5. The maximum atomic E-state index is 12.8. The fourth-order valence-electron chi connectivity index (χ4n) is 3.41. The Labute approximate surface area is 171 Å². The van der Waals surface area contributed by atoms with Gasteiger partial charge < -0.3 is 5.32 Å². The van der Waals surface area contributed by atoms with E-state index >= 15 is 0 Å². The molecule has 28 heavy (non-hydrogen) atoms. The Kier molecular flexibility index (Phi) is 7.10. The topological polar surface area (TPSA) is 66.5 Å². The predicted octanol–water partition coefficient (Wildman–Crippen LogP) is 3.24. The van der Waals surface area contributed by atoms with E-state index in [1.807, 2.05) is 30.3 Å². The summed E-state index contributed by atoms with van der Waals surface area (Å²) < 4.78 is 27.0. The number of carbonyl (C=O) groups excluding carboxylic acids is 1. The van der Waals surface area contributed by atoms with Crippen LogP contribution in [0.4, 0.5) is 0 Å². The maximum Gasteiger partial charge on any atom is 0.224 e. The molecule has 2 aromatic rings. The Bertz CT molecular complexity index is 886. The first-order valence-electron chi connectivity index (χ1n) is 9.48. The van der Waals surface area contributed by atoms with Gasteiger partial charge in [-0.3, -0.25) is 4.79 Å². The molecular formula is C21H25ClN2O3S. The summed E-state index contributed by atoms with van der Waals surface area (Å²) in [5.74, 6) is -0.446. The van der Waals surface area contributed by atoms with E-state index in [1.165, 1.54) is 9.87 Å². The number of piperidine rings is 1. The summed E-state index contributed by atoms with van der Waals surface area (Å²) in [6.45, 7) is 1.26. The summed E-state index contributed by atoms with van der Waals surface area (Å²) in [5, 5.41) is 3.53. The van der Waals surface area contributed by atoms with Crippen LogP contribution in [-0.4, -0.2) is 38.3 Å². The third-order valence-electron chi connectivity index (χ3n) is 4.97. The highest BCUT2D eigenvalue weighted by atomic mass is 35.5. The Hall–Kier alpha value is -1.89. The van der Waals surface area contributed by atoms with Gasteiger partial charge in [0.15, 0.2) is 0 Å². The van der Waals surface area contributed by atoms with Crippen LogP contribution in [0.2, 0.25) is 5.02 Å². The first kappa shape index (κ1) is 20.8. The molecule has 5 nitrogen and oxygen atoms in total. The molecule has 1 N–H and O–H groups in total. The lowest BCUT2D eigenvalue weighted by atomic mass is 9.99. The quantitative estimate of drug-likeness (QED) is 0.747. The molecule has 1 aliphatic heterocycles. The molecule has 2 aromatic carbocycles. The number of sulfonamides is 1. The molecular weight excluding hydrogens is 396 g/mol. The van der Waals surface area contributed by atoms with Gasteiger partial charge in [0.25, 0.3) is 0 Å². The highest BCUT2D eigenvalue weighted by Crippen LogP contribution is 2.22. The van der Waals surface area contributed by atoms with Gasteiger partial charge in [-0.05, 0) is 42.5 Å². The number of halogens is 1. The zero-order valence-corrected chi connectivity index (χ0v) is 17.3. The van der Waals surface area contributed by atoms with E-state index < -0.39 is 10.0 Å². The van der Waals surface area contributed by atoms with Gasteiger partial charge in [-0.15, -0.1) is 0 Å². The number of nitrogens with zero attached hydrogens (tertiary/aromatic N) is 1. The van der Waals surface area contributed by atoms with Gasteiger partial charge in [-0.25, -0.2) is 12.7 Å². The maximum absolute atomic E-state index is 12.8. The van der Waals surface area contributed by atoms with E-state index in [9.17, 15) is 13.2 Å². The van der Waals surface area contributed by atoms with Crippen molar-refractivity contribution in [3.05, 3.63) is 70.7 Å². The number of carbonyl (C=O) groups is 1. The Morgan fingerprint density at radius 2 is 1.79 bits per heavy atom. The Morgan fingerprint density at radius 3 is 2.50 bits per heavy atom. The zero-order valence-electron chi connectivity index (χ0n) is 15.7. The second-order valence-electron chi connectivity index (χ2n) is 7.11. The minimum atomic E-state index is -3.47. The highest BCUT2D eigenvalue weighted by Gasteiger charge is 2.32. The molecule has 7 heteroatoms. The molecule has 1 heterocycles. The molecule has 150 valence electrons. The van der Waals surface area contributed by atoms with Crippen LogP contribution in [0.25, 0.3) is 0 Å². The van der Waals surface area contributed by atoms with Crippen LogP contribution in [0.3, 0.4) is 0 Å². The fourth-order valence-corrected chi connectivity index (χ4v) is 5.15. The molecule has 1 fully saturated rings. The lowest BCUT2D eigenvalue weighted by Crippen LogP contribution is -2.46. The molecule has 3 rings (SSSR count). The molecule has 0 radical (unpaired) electrons. The number of hydrogen-bond acceptors (Lipinski definition) is 3. The largest absolute Gasteiger partial charge is 0.355 e. The van der Waals surface area contributed by atoms with Crippen molar-refractivity contribution in [2.24, 2.45) is 5.92 Å². The van der Waals surface area contributed by atoms with Crippen LogP contribution in [0.15, 0.2) is 54.6 Å². The minimum absolute atomic E-state index is 0.0673. The smallest absolute Gasteiger partial charge is 0.224 e. The molecule has 0 aliphatic carbocycles. The molecule has 0 aromatic heterocycles. The summed E-state index contributed by atoms with van der Waals surface area (Å²) in [4.78, 5) is 12.5. The molecule has 1 amide bonds. The summed E-state index contributed by atoms with van der Waals surface area (Å²) in [6.07, 6.45) is 2.17. The van der Waals surface area contributed by atoms with E-state index in [0.29, 0.717) is 36.5 Å². The van der Waals surface area contributed by atoms with Crippen LogP contribution in [0.5, 0.6) is 0 Å². The monoisotopic (exact) mass is 420 g/mol. The van der Waals surface area contributed by atoms with Crippen molar-refractivity contribution in [1.82, 2.24) is 9.62 Å². The third-order valence-corrected chi connectivity index (χ3v) is 7.03. The Morgan fingerprint density at radius 1 is 1.07 bits per heavy atom. The molecule has 0 bridgehead atoms. The van der Waals surface area contributed by atoms with E-state index in [4.69, 9.17) is 11.6 Å². The van der Waals surface area contributed by atoms with Crippen molar-refractivity contribution in [1.29, 1.82) is 0 Å². The first-order chi connectivity index (χ1) is 13.4. The number of amides is 1. The number of benzene rings is 2. The van der Waals surface area contributed by atoms with E-state index in [-0.39, 0.29) is 24.1 Å². The fraction of sp³-hybridized carbons (Fsp3) is 0.381. The van der Waals surface area contributed by atoms with Crippen LogP contribution in [0, 0.1) is 5.92 Å². The Balaban J connectivity index is 1.53. The number of nitrogens with one attached hydrogen (secondary N) is 1. The SMILES string of the molecule is O=C(NCCc1ccccc1)[C@H]1CCCN(S(=O)(=O)Cc2ccc(Cl)cc2)C1. The summed E-state index contributed by atoms with van der Waals surface area (Å²) >= 11 is 5.86. The van der Waals surface area contributed by atoms with Crippen LogP contribution < -0.4 is 5.32 Å². The van der Waals surface area contributed by atoms with E-state index in [0.717, 1.165) is 6.42 Å². The van der Waals surface area contributed by atoms with Crippen LogP contribution in [0.1, 0.15) is 24.0 Å². The van der Waals surface area contributed by atoms with Gasteiger partial charge in [0.2, 0.25) is 15.9 Å². The van der Waals surface area contributed by atoms with Gasteiger partial charge >= 0.3 is 0 Å². The molecule has 1 atom stereocenters. The minimum Gasteiger partial charge on any atom is -0.355 e. The molecule has 0 spiro atoms. The second kappa shape index (κ2) is 9.54. The van der Waals surface area contributed by atoms with Gasteiger partial charge in [-0.1, -0.05) is 54.1 Å². The normalized spacial score (nSPS) is 18.0. The molecule has 1 saturated heterocycles. The highest BCUT2D eigenvalue weighted by molar-refractivity contribution is 7.88. The van der Waals surface area contributed by atoms with E-state index in [1.54, 1.807) is 24.3 Å². The summed E-state index contributed by atoms with van der Waals surface area (Å²) in [7, 11) is -3.47. The van der Waals surface area contributed by atoms with E-state index in [2.05, 4.69) is 5.32 Å². The van der Waals surface area contributed by atoms with Crippen molar-refractivity contribution in [3.8, 4) is 0 Å². The van der Waals surface area contributed by atoms with Gasteiger partial charge in [0.1, 0.15) is 0 Å². The van der Waals surface area contributed by atoms with Crippen molar-refractivity contribution < 1.29 is 13.2 Å². The lowest BCUT2D eigenvalue weighted by molar-refractivity contribution is -0.126. The van der Waals surface area contributed by atoms with Crippen LogP contribution >= 0.6 is 11.6 Å². The van der Waals surface area contributed by atoms with Gasteiger partial charge in [0, 0.05) is 24.7 Å². The predicted molar refractivity (Wildman–Crippen MR) is 112 cm³/mol. The van der Waals surface area contributed by atoms with Gasteiger partial charge in [-0.2, -0.15) is 0 Å². The standard InChI is InChI=1S/C21H25ClN2O3S/c22-20-10-8-18(9-11-20)16-28(26,27)24-14-4-7-19(15-24)21(25)23-13-12-17-5-2-1-3-6-17/h1-3,5-6,8-11,19H,4,7,12-16H2,(H,23,25)/t19-/m0/s1. The number of rotatable bonds is 7. The molecule has 0 saturated carbocycles. The molecule has 0 unspecified atom stereocenters.